The van der Waals surface area contributed by atoms with Gasteiger partial charge in [0.25, 0.3) is 10.0 Å². The Labute approximate surface area is 181 Å². The van der Waals surface area contributed by atoms with E-state index in [1.54, 1.807) is 18.2 Å². The van der Waals surface area contributed by atoms with Crippen LogP contribution in [0.15, 0.2) is 51.8 Å². The molecule has 2 unspecified atom stereocenters. The number of rotatable bonds is 4. The van der Waals surface area contributed by atoms with Gasteiger partial charge in [-0.15, -0.1) is 4.40 Å². The fourth-order valence-electron chi connectivity index (χ4n) is 4.31. The van der Waals surface area contributed by atoms with Crippen LogP contribution in [0, 0.1) is 11.8 Å². The highest BCUT2D eigenvalue weighted by Crippen LogP contribution is 2.42. The Balaban J connectivity index is 1.84. The minimum absolute atomic E-state index is 0.0741. The molecule has 31 heavy (non-hydrogen) atoms. The molecule has 3 N–H and O–H groups in total. The molecule has 2 aromatic rings. The second kappa shape index (κ2) is 7.30. The first-order valence-electron chi connectivity index (χ1n) is 10.2. The van der Waals surface area contributed by atoms with E-state index < -0.39 is 27.1 Å². The Hall–Kier alpha value is -3.00. The molecule has 0 amide bonds. The van der Waals surface area contributed by atoms with Gasteiger partial charge in [-0.2, -0.15) is 8.42 Å². The van der Waals surface area contributed by atoms with E-state index in [9.17, 15) is 18.0 Å². The van der Waals surface area contributed by atoms with E-state index in [0.29, 0.717) is 23.5 Å². The second-order valence-electron chi connectivity index (χ2n) is 8.80. The minimum atomic E-state index is -4.11. The lowest BCUT2D eigenvalue weighted by Gasteiger charge is -2.39. The van der Waals surface area contributed by atoms with Gasteiger partial charge < -0.3 is 11.1 Å². The van der Waals surface area contributed by atoms with E-state index in [1.165, 1.54) is 12.1 Å². The van der Waals surface area contributed by atoms with Gasteiger partial charge in [0.05, 0.1) is 11.1 Å². The van der Waals surface area contributed by atoms with Crippen LogP contribution in [0.4, 0.5) is 11.4 Å². The van der Waals surface area contributed by atoms with Gasteiger partial charge in [-0.1, -0.05) is 38.1 Å². The quantitative estimate of drug-likeness (QED) is 0.555. The lowest BCUT2D eigenvalue weighted by Crippen LogP contribution is -2.51. The van der Waals surface area contributed by atoms with Crippen molar-refractivity contribution in [3.8, 4) is 0 Å². The summed E-state index contributed by atoms with van der Waals surface area (Å²) in [5.74, 6) is -1.87. The average molecular weight is 440 g/mol. The van der Waals surface area contributed by atoms with Gasteiger partial charge in [-0.25, -0.2) is 0 Å². The minimum Gasteiger partial charge on any atom is -0.399 e. The van der Waals surface area contributed by atoms with Crippen molar-refractivity contribution in [1.82, 2.24) is 0 Å². The number of hydrogen-bond donors (Lipinski definition) is 2. The molecule has 4 rings (SSSR count). The van der Waals surface area contributed by atoms with E-state index in [4.69, 9.17) is 5.73 Å². The van der Waals surface area contributed by atoms with Crippen LogP contribution in [0.25, 0.3) is 0 Å². The molecule has 1 aliphatic heterocycles. The average Bonchev–Trinajstić information content (AvgIpc) is 2.71. The second-order valence-corrected chi connectivity index (χ2v) is 10.4. The van der Waals surface area contributed by atoms with Crippen LogP contribution < -0.4 is 11.1 Å². The molecule has 0 saturated carbocycles. The van der Waals surface area contributed by atoms with Crippen LogP contribution in [-0.2, 0) is 20.2 Å². The molecule has 0 radical (unpaired) electrons. The maximum atomic E-state index is 13.8. The monoisotopic (exact) mass is 439 g/mol. The van der Waals surface area contributed by atoms with Crippen molar-refractivity contribution in [2.45, 2.75) is 43.9 Å². The summed E-state index contributed by atoms with van der Waals surface area (Å²) >= 11 is 0. The fourth-order valence-corrected chi connectivity index (χ4v) is 5.50. The van der Waals surface area contributed by atoms with Crippen LogP contribution in [0.2, 0.25) is 0 Å². The first kappa shape index (κ1) is 21.2. The summed E-state index contributed by atoms with van der Waals surface area (Å²) in [6.45, 7) is 5.99. The van der Waals surface area contributed by atoms with Crippen molar-refractivity contribution in [3.05, 3.63) is 53.6 Å². The summed E-state index contributed by atoms with van der Waals surface area (Å²) in [5.41, 5.74) is 6.46. The van der Waals surface area contributed by atoms with Gasteiger partial charge in [0.2, 0.25) is 0 Å². The zero-order valence-electron chi connectivity index (χ0n) is 17.7. The number of nitrogens with two attached hydrogens (primary N) is 1. The predicted molar refractivity (Wildman–Crippen MR) is 120 cm³/mol. The topological polar surface area (TPSA) is 119 Å². The first-order valence-corrected chi connectivity index (χ1v) is 11.7. The molecule has 0 bridgehead atoms. The van der Waals surface area contributed by atoms with Crippen molar-refractivity contribution in [2.24, 2.45) is 16.2 Å². The van der Waals surface area contributed by atoms with Crippen molar-refractivity contribution < 1.29 is 18.0 Å². The first-order chi connectivity index (χ1) is 14.5. The Bertz CT molecular complexity index is 1230. The zero-order chi connectivity index (χ0) is 22.6. The number of hydrogen-bond acceptors (Lipinski definition) is 6. The molecule has 1 aliphatic carbocycles. The molecular formula is C23H25N3O4S. The Morgan fingerprint density at radius 2 is 1.87 bits per heavy atom. The van der Waals surface area contributed by atoms with E-state index >= 15 is 0 Å². The number of carbonyl (C=O) groups is 2. The van der Waals surface area contributed by atoms with Crippen LogP contribution in [0.5, 0.6) is 0 Å². The van der Waals surface area contributed by atoms with Crippen LogP contribution in [0.3, 0.4) is 0 Å². The largest absolute Gasteiger partial charge is 0.399 e. The van der Waals surface area contributed by atoms with Gasteiger partial charge in [0, 0.05) is 11.3 Å². The smallest absolute Gasteiger partial charge is 0.286 e. The summed E-state index contributed by atoms with van der Waals surface area (Å²) < 4.78 is 29.5. The molecule has 2 atom stereocenters. The standard InChI is InChI=1S/C23H25N3O4S/c1-13(2)10-11-23(3)16-7-5-4-6-15(16)20(27)19(21(23)28)22-25-17-9-8-14(24)12-18(17)31(29,30)26-22/h4-9,12-13,19H,10-11,24H2,1-3H3,(H,25,26). The third-order valence-electron chi connectivity index (χ3n) is 6.12. The number of anilines is 2. The zero-order valence-corrected chi connectivity index (χ0v) is 18.5. The summed E-state index contributed by atoms with van der Waals surface area (Å²) in [6, 6.07) is 11.4. The summed E-state index contributed by atoms with van der Waals surface area (Å²) in [6.07, 6.45) is 1.34. The number of carbonyl (C=O) groups excluding carboxylic acids is 2. The Morgan fingerprint density at radius 3 is 2.58 bits per heavy atom. The van der Waals surface area contributed by atoms with E-state index in [1.807, 2.05) is 19.1 Å². The highest BCUT2D eigenvalue weighted by atomic mass is 32.2. The van der Waals surface area contributed by atoms with Crippen molar-refractivity contribution in [3.63, 3.8) is 0 Å². The number of nitrogen functional groups attached to an aromatic ring is 1. The van der Waals surface area contributed by atoms with Gasteiger partial charge in [-0.05, 0) is 49.4 Å². The molecule has 162 valence electrons. The van der Waals surface area contributed by atoms with E-state index in [2.05, 4.69) is 23.6 Å². The number of Topliss-reactive ketones (excluding diaryl/α,β-unsaturated/α-hetero) is 2. The van der Waals surface area contributed by atoms with Crippen LogP contribution in [0.1, 0.15) is 49.5 Å². The molecule has 8 heteroatoms. The molecule has 2 aromatic carbocycles. The van der Waals surface area contributed by atoms with Crippen LogP contribution >= 0.6 is 0 Å². The number of sulfonamides is 1. The number of benzene rings is 2. The fraction of sp³-hybridized carbons (Fsp3) is 0.348. The third-order valence-corrected chi connectivity index (χ3v) is 7.45. The number of nitrogens with zero attached hydrogens (tertiary/aromatic N) is 1. The molecule has 2 aliphatic rings. The van der Waals surface area contributed by atoms with Crippen molar-refractivity contribution in [1.29, 1.82) is 0 Å². The summed E-state index contributed by atoms with van der Waals surface area (Å²) in [4.78, 5) is 27.1. The maximum absolute atomic E-state index is 13.8. The third kappa shape index (κ3) is 3.44. The molecular weight excluding hydrogens is 414 g/mol. The van der Waals surface area contributed by atoms with Crippen molar-refractivity contribution in [2.75, 3.05) is 11.1 Å². The van der Waals surface area contributed by atoms with Gasteiger partial charge in [0.15, 0.2) is 11.6 Å². The van der Waals surface area contributed by atoms with Gasteiger partial charge in [-0.3, -0.25) is 9.59 Å². The lowest BCUT2D eigenvalue weighted by atomic mass is 9.63. The van der Waals surface area contributed by atoms with Gasteiger partial charge >= 0.3 is 0 Å². The molecule has 1 heterocycles. The molecule has 0 fully saturated rings. The highest BCUT2D eigenvalue weighted by molar-refractivity contribution is 7.90. The summed E-state index contributed by atoms with van der Waals surface area (Å²) in [5, 5.41) is 2.92. The van der Waals surface area contributed by atoms with E-state index in [-0.39, 0.29) is 27.9 Å². The molecule has 0 aromatic heterocycles. The lowest BCUT2D eigenvalue weighted by molar-refractivity contribution is -0.125. The van der Waals surface area contributed by atoms with Crippen molar-refractivity contribution >= 4 is 38.8 Å². The predicted octanol–water partition coefficient (Wildman–Crippen LogP) is 3.56. The molecule has 0 spiro atoms. The number of nitrogens with one attached hydrogen (secondary N) is 1. The highest BCUT2D eigenvalue weighted by Gasteiger charge is 2.51. The number of amidine groups is 1. The Morgan fingerprint density at radius 1 is 1.16 bits per heavy atom. The number of fused-ring (bicyclic) bond motifs is 2. The normalized spacial score (nSPS) is 24.3. The van der Waals surface area contributed by atoms with Crippen LogP contribution in [-0.4, -0.2) is 25.8 Å². The summed E-state index contributed by atoms with van der Waals surface area (Å²) in [7, 11) is -4.11. The molecule has 0 saturated heterocycles. The SMILES string of the molecule is CC(C)CCC1(C)C(=O)C(C2=NS(=O)(=O)c3cc(N)ccc3N2)C(=O)c2ccccc21. The molecule has 7 nitrogen and oxygen atoms in total. The number of ketones is 2. The maximum Gasteiger partial charge on any atom is 0.286 e. The van der Waals surface area contributed by atoms with E-state index in [0.717, 1.165) is 6.42 Å². The van der Waals surface area contributed by atoms with Gasteiger partial charge in [0.1, 0.15) is 16.6 Å². The Kier molecular flexibility index (Phi) is 5.00.